The van der Waals surface area contributed by atoms with Crippen molar-refractivity contribution in [1.82, 2.24) is 5.32 Å². The highest BCUT2D eigenvalue weighted by Crippen LogP contribution is 1.99. The van der Waals surface area contributed by atoms with E-state index in [9.17, 15) is 5.11 Å². The topological polar surface area (TPSA) is 52.5 Å². The molecule has 3 nitrogen and oxygen atoms in total. The summed E-state index contributed by atoms with van der Waals surface area (Å²) >= 11 is 0. The van der Waals surface area contributed by atoms with E-state index in [1.807, 2.05) is 30.3 Å². The molecule has 0 saturated heterocycles. The molecule has 0 heterocycles. The summed E-state index contributed by atoms with van der Waals surface area (Å²) in [6, 6.07) is 9.64. The van der Waals surface area contributed by atoms with Gasteiger partial charge in [0, 0.05) is 6.54 Å². The zero-order valence-electron chi connectivity index (χ0n) is 8.35. The monoisotopic (exact) mass is 195 g/mol. The summed E-state index contributed by atoms with van der Waals surface area (Å²) in [6.07, 6.45) is -0.538. The Kier molecular flexibility index (Phi) is 4.59. The van der Waals surface area contributed by atoms with Crippen LogP contribution in [0.1, 0.15) is 12.5 Å². The van der Waals surface area contributed by atoms with Crippen LogP contribution in [0.15, 0.2) is 30.3 Å². The molecule has 0 aliphatic carbocycles. The third kappa shape index (κ3) is 3.46. The normalized spacial score (nSPS) is 15.1. The first-order valence-corrected chi connectivity index (χ1v) is 4.80. The van der Waals surface area contributed by atoms with Gasteiger partial charge in [0.2, 0.25) is 0 Å². The van der Waals surface area contributed by atoms with Gasteiger partial charge in [-0.1, -0.05) is 30.3 Å². The van der Waals surface area contributed by atoms with Crippen molar-refractivity contribution < 1.29 is 10.2 Å². The molecule has 0 saturated carbocycles. The molecule has 0 aliphatic heterocycles. The molecule has 0 unspecified atom stereocenters. The van der Waals surface area contributed by atoms with Crippen molar-refractivity contribution in [3.63, 3.8) is 0 Å². The van der Waals surface area contributed by atoms with Gasteiger partial charge in [0.25, 0.3) is 0 Å². The molecule has 3 N–H and O–H groups in total. The molecule has 14 heavy (non-hydrogen) atoms. The Labute approximate surface area is 84.4 Å². The molecule has 78 valence electrons. The first-order chi connectivity index (χ1) is 6.74. The Hall–Kier alpha value is -0.900. The van der Waals surface area contributed by atoms with E-state index in [2.05, 4.69) is 5.32 Å². The number of hydrogen-bond donors (Lipinski definition) is 3. The maximum Gasteiger partial charge on any atom is 0.0687 e. The number of aliphatic hydroxyl groups is 2. The predicted octanol–water partition coefficient (Wildman–Crippen LogP) is 0.518. The lowest BCUT2D eigenvalue weighted by Gasteiger charge is -2.18. The van der Waals surface area contributed by atoms with Gasteiger partial charge in [-0.15, -0.1) is 0 Å². The first-order valence-electron chi connectivity index (χ1n) is 4.80. The van der Waals surface area contributed by atoms with Crippen molar-refractivity contribution in [2.45, 2.75) is 25.6 Å². The smallest absolute Gasteiger partial charge is 0.0687 e. The molecule has 3 heteroatoms. The summed E-state index contributed by atoms with van der Waals surface area (Å²) in [6.45, 7) is 2.28. The zero-order valence-corrected chi connectivity index (χ0v) is 8.35. The Morgan fingerprint density at radius 3 is 2.43 bits per heavy atom. The number of rotatable bonds is 5. The van der Waals surface area contributed by atoms with E-state index in [4.69, 9.17) is 5.11 Å². The molecule has 0 bridgehead atoms. The highest BCUT2D eigenvalue weighted by atomic mass is 16.3. The maximum absolute atomic E-state index is 9.27. The molecule has 0 radical (unpaired) electrons. The van der Waals surface area contributed by atoms with Crippen LogP contribution in [-0.4, -0.2) is 29.0 Å². The SMILES string of the molecule is C[C@@H](O)[C@@H](CO)NCc1ccccc1. The molecule has 1 aromatic rings. The summed E-state index contributed by atoms with van der Waals surface area (Å²) in [5.74, 6) is 0. The summed E-state index contributed by atoms with van der Waals surface area (Å²) in [5, 5.41) is 21.3. The molecule has 1 aromatic carbocycles. The zero-order chi connectivity index (χ0) is 10.4. The molecular formula is C11H17NO2. The summed E-state index contributed by atoms with van der Waals surface area (Å²) in [5.41, 5.74) is 1.15. The lowest BCUT2D eigenvalue weighted by Crippen LogP contribution is -2.40. The Morgan fingerprint density at radius 2 is 1.93 bits per heavy atom. The van der Waals surface area contributed by atoms with E-state index in [0.717, 1.165) is 5.56 Å². The minimum absolute atomic E-state index is 0.0511. The fourth-order valence-electron chi connectivity index (χ4n) is 1.23. The van der Waals surface area contributed by atoms with Crippen molar-refractivity contribution >= 4 is 0 Å². The van der Waals surface area contributed by atoms with Gasteiger partial charge in [-0.3, -0.25) is 0 Å². The fraction of sp³-hybridized carbons (Fsp3) is 0.455. The highest BCUT2D eigenvalue weighted by Gasteiger charge is 2.12. The number of aliphatic hydroxyl groups excluding tert-OH is 2. The summed E-state index contributed by atoms with van der Waals surface area (Å²) in [7, 11) is 0. The first kappa shape index (κ1) is 11.2. The molecule has 2 atom stereocenters. The van der Waals surface area contributed by atoms with Crippen LogP contribution in [0.25, 0.3) is 0 Å². The molecule has 0 amide bonds. The van der Waals surface area contributed by atoms with Crippen molar-refractivity contribution in [1.29, 1.82) is 0 Å². The second kappa shape index (κ2) is 5.75. The van der Waals surface area contributed by atoms with E-state index in [1.54, 1.807) is 6.92 Å². The minimum Gasteiger partial charge on any atom is -0.395 e. The summed E-state index contributed by atoms with van der Waals surface area (Å²) in [4.78, 5) is 0. The minimum atomic E-state index is -0.538. The second-order valence-electron chi connectivity index (χ2n) is 3.40. The van der Waals surface area contributed by atoms with E-state index < -0.39 is 6.10 Å². The van der Waals surface area contributed by atoms with Crippen molar-refractivity contribution in [2.75, 3.05) is 6.61 Å². The quantitative estimate of drug-likeness (QED) is 0.642. The van der Waals surface area contributed by atoms with Gasteiger partial charge in [-0.2, -0.15) is 0 Å². The van der Waals surface area contributed by atoms with Crippen LogP contribution >= 0.6 is 0 Å². The van der Waals surface area contributed by atoms with Crippen LogP contribution in [0.3, 0.4) is 0 Å². The molecular weight excluding hydrogens is 178 g/mol. The van der Waals surface area contributed by atoms with E-state index in [-0.39, 0.29) is 12.6 Å². The number of benzene rings is 1. The Morgan fingerprint density at radius 1 is 1.29 bits per heavy atom. The average Bonchev–Trinajstić information content (AvgIpc) is 2.20. The predicted molar refractivity (Wildman–Crippen MR) is 55.8 cm³/mol. The van der Waals surface area contributed by atoms with Gasteiger partial charge in [-0.25, -0.2) is 0 Å². The number of nitrogens with one attached hydrogen (secondary N) is 1. The van der Waals surface area contributed by atoms with Gasteiger partial charge in [-0.05, 0) is 12.5 Å². The summed E-state index contributed by atoms with van der Waals surface area (Å²) < 4.78 is 0. The van der Waals surface area contributed by atoms with Crippen LogP contribution in [0.2, 0.25) is 0 Å². The molecule has 0 aliphatic rings. The largest absolute Gasteiger partial charge is 0.395 e. The van der Waals surface area contributed by atoms with Crippen LogP contribution in [0.5, 0.6) is 0 Å². The maximum atomic E-state index is 9.27. The van der Waals surface area contributed by atoms with Crippen LogP contribution in [-0.2, 0) is 6.54 Å². The van der Waals surface area contributed by atoms with Gasteiger partial charge in [0.1, 0.15) is 0 Å². The Bertz CT molecular complexity index is 249. The molecule has 1 rings (SSSR count). The van der Waals surface area contributed by atoms with E-state index in [0.29, 0.717) is 6.54 Å². The van der Waals surface area contributed by atoms with Crippen molar-refractivity contribution in [3.8, 4) is 0 Å². The van der Waals surface area contributed by atoms with Crippen molar-refractivity contribution in [3.05, 3.63) is 35.9 Å². The van der Waals surface area contributed by atoms with Gasteiger partial charge >= 0.3 is 0 Å². The third-order valence-corrected chi connectivity index (χ3v) is 2.19. The van der Waals surface area contributed by atoms with Crippen LogP contribution < -0.4 is 5.32 Å². The van der Waals surface area contributed by atoms with Gasteiger partial charge in [0.05, 0.1) is 18.8 Å². The van der Waals surface area contributed by atoms with Crippen LogP contribution in [0.4, 0.5) is 0 Å². The molecule has 0 fully saturated rings. The number of hydrogen-bond acceptors (Lipinski definition) is 3. The molecule has 0 spiro atoms. The average molecular weight is 195 g/mol. The molecule has 0 aromatic heterocycles. The lowest BCUT2D eigenvalue weighted by atomic mass is 10.1. The highest BCUT2D eigenvalue weighted by molar-refractivity contribution is 5.14. The van der Waals surface area contributed by atoms with E-state index in [1.165, 1.54) is 0 Å². The van der Waals surface area contributed by atoms with Crippen LogP contribution in [0, 0.1) is 0 Å². The standard InChI is InChI=1S/C11H17NO2/c1-9(14)11(8-13)12-7-10-5-3-2-4-6-10/h2-6,9,11-14H,7-8H2,1H3/t9-,11-/m1/s1. The van der Waals surface area contributed by atoms with Gasteiger partial charge < -0.3 is 15.5 Å². The van der Waals surface area contributed by atoms with E-state index >= 15 is 0 Å². The second-order valence-corrected chi connectivity index (χ2v) is 3.40. The lowest BCUT2D eigenvalue weighted by molar-refractivity contribution is 0.103. The third-order valence-electron chi connectivity index (χ3n) is 2.19. The van der Waals surface area contributed by atoms with Gasteiger partial charge in [0.15, 0.2) is 0 Å². The van der Waals surface area contributed by atoms with Crippen molar-refractivity contribution in [2.24, 2.45) is 0 Å². The Balaban J connectivity index is 2.40. The fourth-order valence-corrected chi connectivity index (χ4v) is 1.23.